The van der Waals surface area contributed by atoms with Gasteiger partial charge in [0.25, 0.3) is 0 Å². The summed E-state index contributed by atoms with van der Waals surface area (Å²) in [7, 11) is 4.01. The minimum atomic E-state index is -0.787. The molecule has 13 heteroatoms. The number of esters is 1. The Bertz CT molecular complexity index is 1340. The van der Waals surface area contributed by atoms with E-state index in [1.54, 1.807) is 24.3 Å². The van der Waals surface area contributed by atoms with Crippen LogP contribution in [0.4, 0.5) is 15.3 Å². The summed E-state index contributed by atoms with van der Waals surface area (Å²) in [6.07, 6.45) is -0.923. The summed E-state index contributed by atoms with van der Waals surface area (Å²) in [6, 6.07) is 10.4. The van der Waals surface area contributed by atoms with Crippen molar-refractivity contribution < 1.29 is 28.6 Å². The maximum absolute atomic E-state index is 12.6. The molecule has 2 aromatic heterocycles. The summed E-state index contributed by atoms with van der Waals surface area (Å²) >= 11 is 0. The molecule has 0 aliphatic rings. The number of hydrogen-bond donors (Lipinski definition) is 2. The second-order valence-electron chi connectivity index (χ2n) is 7.17. The van der Waals surface area contributed by atoms with Gasteiger partial charge in [0.05, 0.1) is 14.2 Å². The molecular formula is C22H21N7O6. The van der Waals surface area contributed by atoms with Gasteiger partial charge in [0.15, 0.2) is 11.5 Å². The molecule has 0 radical (unpaired) electrons. The highest BCUT2D eigenvalue weighted by molar-refractivity contribution is 5.85. The second-order valence-corrected chi connectivity index (χ2v) is 7.17. The lowest BCUT2D eigenvalue weighted by atomic mass is 10.2. The average Bonchev–Trinajstić information content (AvgIpc) is 3.41. The number of nitrogens with zero attached hydrogens (tertiary/aromatic N) is 5. The summed E-state index contributed by atoms with van der Waals surface area (Å²) in [5.74, 6) is -0.259. The molecule has 2 heterocycles. The molecular weight excluding hydrogens is 458 g/mol. The Balaban J connectivity index is 1.88. The number of ether oxygens (including phenoxy) is 3. The Morgan fingerprint density at radius 2 is 1.80 bits per heavy atom. The number of H-pyrrole nitrogens is 1. The highest BCUT2D eigenvalue weighted by Gasteiger charge is 2.26. The molecule has 3 rings (SSSR count). The predicted octanol–water partition coefficient (Wildman–Crippen LogP) is 2.63. The normalized spacial score (nSPS) is 10.2. The quantitative estimate of drug-likeness (QED) is 0.482. The van der Waals surface area contributed by atoms with Crippen molar-refractivity contribution in [3.05, 3.63) is 35.4 Å². The Morgan fingerprint density at radius 3 is 2.40 bits per heavy atom. The minimum Gasteiger partial charge on any atom is -0.469 e. The summed E-state index contributed by atoms with van der Waals surface area (Å²) < 4.78 is 15.8. The van der Waals surface area contributed by atoms with Gasteiger partial charge in [-0.25, -0.2) is 19.1 Å². The number of anilines is 1. The summed E-state index contributed by atoms with van der Waals surface area (Å²) in [6.45, 7) is 0.204. The fourth-order valence-electron chi connectivity index (χ4n) is 3.12. The zero-order valence-corrected chi connectivity index (χ0v) is 19.1. The van der Waals surface area contributed by atoms with Crippen molar-refractivity contribution in [3.63, 3.8) is 0 Å². The first-order valence-electron chi connectivity index (χ1n) is 10.2. The molecule has 0 unspecified atom stereocenters. The molecule has 0 saturated carbocycles. The van der Waals surface area contributed by atoms with Crippen molar-refractivity contribution in [2.45, 2.75) is 12.8 Å². The smallest absolute Gasteiger partial charge is 0.416 e. The van der Waals surface area contributed by atoms with Crippen molar-refractivity contribution in [2.75, 3.05) is 33.1 Å². The summed E-state index contributed by atoms with van der Waals surface area (Å²) in [4.78, 5) is 40.8. The zero-order chi connectivity index (χ0) is 25.5. The van der Waals surface area contributed by atoms with Gasteiger partial charge in [0, 0.05) is 31.3 Å². The predicted molar refractivity (Wildman–Crippen MR) is 120 cm³/mol. The Labute approximate surface area is 199 Å². The number of nitriles is 2. The third-order valence-electron chi connectivity index (χ3n) is 4.95. The van der Waals surface area contributed by atoms with Gasteiger partial charge in [-0.05, 0) is 30.7 Å². The summed E-state index contributed by atoms with van der Waals surface area (Å²) in [5, 5.41) is 24.6. The number of nitrogens with one attached hydrogen (secondary N) is 2. The molecule has 0 bridgehead atoms. The molecule has 0 aliphatic heterocycles. The van der Waals surface area contributed by atoms with Crippen LogP contribution in [0.3, 0.4) is 0 Å². The lowest BCUT2D eigenvalue weighted by Crippen LogP contribution is -2.31. The number of amides is 2. The van der Waals surface area contributed by atoms with Crippen LogP contribution in [-0.4, -0.2) is 65.5 Å². The van der Waals surface area contributed by atoms with Crippen LogP contribution >= 0.6 is 0 Å². The third kappa shape index (κ3) is 5.31. The number of benzene rings is 1. The molecule has 180 valence electrons. The minimum absolute atomic E-state index is 0.0601. The number of rotatable bonds is 7. The highest BCUT2D eigenvalue weighted by Crippen LogP contribution is 2.30. The van der Waals surface area contributed by atoms with E-state index in [9.17, 15) is 24.9 Å². The second kappa shape index (κ2) is 10.7. The van der Waals surface area contributed by atoms with Crippen LogP contribution in [0.5, 0.6) is 5.88 Å². The molecule has 0 saturated heterocycles. The number of hydrogen-bond acceptors (Lipinski definition) is 9. The van der Waals surface area contributed by atoms with Gasteiger partial charge >= 0.3 is 18.2 Å². The Morgan fingerprint density at radius 1 is 1.11 bits per heavy atom. The molecule has 3 aromatic rings. The van der Waals surface area contributed by atoms with Crippen molar-refractivity contribution >= 4 is 29.5 Å². The standard InChI is InChI=1S/C22H21N7O6/c1-28(10-4-5-17(30)33-2)22(32)35-20-16(12-24)15(11-23)19-26-18(27-29(19)20)13-6-8-14(9-7-13)25-21(31)34-3/h6-9H,4-5,10H2,1-3H3,(H,25,31)(H,26,27). The molecule has 0 aliphatic carbocycles. The van der Waals surface area contributed by atoms with Gasteiger partial charge < -0.3 is 19.1 Å². The largest absolute Gasteiger partial charge is 0.469 e. The lowest BCUT2D eigenvalue weighted by Gasteiger charge is -2.16. The fraction of sp³-hybridized carbons (Fsp3) is 0.273. The van der Waals surface area contributed by atoms with E-state index in [-0.39, 0.29) is 35.6 Å². The van der Waals surface area contributed by atoms with Gasteiger partial charge in [0.1, 0.15) is 23.3 Å². The molecule has 1 aromatic carbocycles. The van der Waals surface area contributed by atoms with E-state index in [2.05, 4.69) is 24.9 Å². The molecule has 13 nitrogen and oxygen atoms in total. The van der Waals surface area contributed by atoms with Crippen LogP contribution in [0.15, 0.2) is 24.3 Å². The van der Waals surface area contributed by atoms with E-state index < -0.39 is 18.2 Å². The fourth-order valence-corrected chi connectivity index (χ4v) is 3.12. The Hall–Kier alpha value is -5.04. The van der Waals surface area contributed by atoms with Crippen molar-refractivity contribution in [1.82, 2.24) is 19.5 Å². The van der Waals surface area contributed by atoms with Crippen LogP contribution in [-0.2, 0) is 14.3 Å². The lowest BCUT2D eigenvalue weighted by molar-refractivity contribution is -0.140. The van der Waals surface area contributed by atoms with Gasteiger partial charge in [-0.3, -0.25) is 15.2 Å². The molecule has 2 amide bonds. The van der Waals surface area contributed by atoms with Crippen molar-refractivity contribution in [1.29, 1.82) is 10.5 Å². The van der Waals surface area contributed by atoms with Crippen LogP contribution in [0.2, 0.25) is 0 Å². The molecule has 35 heavy (non-hydrogen) atoms. The van der Waals surface area contributed by atoms with Gasteiger partial charge in [0.2, 0.25) is 5.88 Å². The van der Waals surface area contributed by atoms with Crippen LogP contribution in [0.1, 0.15) is 24.0 Å². The third-order valence-corrected chi connectivity index (χ3v) is 4.95. The maximum Gasteiger partial charge on any atom is 0.416 e. The molecule has 0 atom stereocenters. The van der Waals surface area contributed by atoms with Gasteiger partial charge in [-0.15, -0.1) is 0 Å². The Kier molecular flexibility index (Phi) is 7.53. The molecule has 0 fully saturated rings. The first-order valence-corrected chi connectivity index (χ1v) is 10.2. The van der Waals surface area contributed by atoms with Crippen molar-refractivity contribution in [3.8, 4) is 29.4 Å². The highest BCUT2D eigenvalue weighted by atomic mass is 16.6. The van der Waals surface area contributed by atoms with Crippen LogP contribution in [0, 0.1) is 22.7 Å². The monoisotopic (exact) mass is 479 g/mol. The first-order chi connectivity index (χ1) is 16.8. The average molecular weight is 479 g/mol. The number of carbonyl (C=O) groups is 3. The van der Waals surface area contributed by atoms with E-state index in [1.807, 2.05) is 12.1 Å². The van der Waals surface area contributed by atoms with Gasteiger partial charge in [-0.1, -0.05) is 0 Å². The maximum atomic E-state index is 12.6. The van der Waals surface area contributed by atoms with Gasteiger partial charge in [-0.2, -0.15) is 10.5 Å². The number of carbonyl (C=O) groups excluding carboxylic acids is 3. The number of aromatic amines is 1. The number of fused-ring (bicyclic) bond motifs is 1. The van der Waals surface area contributed by atoms with E-state index in [0.29, 0.717) is 23.5 Å². The molecule has 2 N–H and O–H groups in total. The summed E-state index contributed by atoms with van der Waals surface area (Å²) in [5.41, 5.74) is 0.991. The SMILES string of the molecule is COC(=O)CCCN(C)C(=O)Oc1c(C#N)c(C#N)c2nc(-c3ccc(NC(=O)OC)cc3)[nH]n12. The van der Waals surface area contributed by atoms with E-state index >= 15 is 0 Å². The van der Waals surface area contributed by atoms with Crippen LogP contribution in [0.25, 0.3) is 17.0 Å². The first kappa shape index (κ1) is 24.6. The zero-order valence-electron chi connectivity index (χ0n) is 19.1. The van der Waals surface area contributed by atoms with E-state index in [0.717, 1.165) is 0 Å². The van der Waals surface area contributed by atoms with Crippen molar-refractivity contribution in [2.24, 2.45) is 0 Å². The van der Waals surface area contributed by atoms with E-state index in [1.165, 1.54) is 30.7 Å². The van der Waals surface area contributed by atoms with E-state index in [4.69, 9.17) is 4.74 Å². The van der Waals surface area contributed by atoms with Crippen LogP contribution < -0.4 is 10.1 Å². The number of aromatic nitrogens is 3. The number of methoxy groups -OCH3 is 2. The topological polar surface area (TPSA) is 175 Å². The molecule has 0 spiro atoms.